The van der Waals surface area contributed by atoms with E-state index in [1.54, 1.807) is 0 Å². The quantitative estimate of drug-likeness (QED) is 0.772. The molecule has 3 heterocycles. The number of aromatic nitrogens is 3. The van der Waals surface area contributed by atoms with Crippen molar-refractivity contribution in [2.75, 3.05) is 12.4 Å². The molecule has 5 nitrogen and oxygen atoms in total. The van der Waals surface area contributed by atoms with Crippen LogP contribution in [0.3, 0.4) is 0 Å². The fraction of sp³-hybridized carbons (Fsp3) is 0.278. The predicted molar refractivity (Wildman–Crippen MR) is 92.3 cm³/mol. The number of anilines is 1. The Balaban J connectivity index is 2.03. The minimum Gasteiger partial charge on any atom is -0.387 e. The Morgan fingerprint density at radius 1 is 1.09 bits per heavy atom. The summed E-state index contributed by atoms with van der Waals surface area (Å²) in [5.41, 5.74) is 4.70. The molecule has 3 aromatic heterocycles. The normalized spacial score (nSPS) is 12.3. The molecule has 3 aromatic rings. The zero-order valence-corrected chi connectivity index (χ0v) is 13.5. The van der Waals surface area contributed by atoms with Gasteiger partial charge in [-0.25, -0.2) is 4.98 Å². The lowest BCUT2D eigenvalue weighted by atomic mass is 10.0. The largest absolute Gasteiger partial charge is 0.387 e. The van der Waals surface area contributed by atoms with Gasteiger partial charge < -0.3 is 10.4 Å². The zero-order chi connectivity index (χ0) is 16.4. The van der Waals surface area contributed by atoms with E-state index in [1.165, 1.54) is 0 Å². The maximum Gasteiger partial charge on any atom is 0.127 e. The molecule has 1 atom stereocenters. The van der Waals surface area contributed by atoms with E-state index in [9.17, 15) is 5.11 Å². The summed E-state index contributed by atoms with van der Waals surface area (Å²) in [6.07, 6.45) is 5.61. The molecule has 0 bridgehead atoms. The molecule has 0 radical (unpaired) electrons. The van der Waals surface area contributed by atoms with Crippen LogP contribution in [0.25, 0.3) is 22.0 Å². The Bertz CT molecular complexity index is 848. The molecule has 2 N–H and O–H groups in total. The van der Waals surface area contributed by atoms with Crippen molar-refractivity contribution in [3.8, 4) is 11.1 Å². The van der Waals surface area contributed by atoms with E-state index in [-0.39, 0.29) is 0 Å². The molecule has 0 fully saturated rings. The monoisotopic (exact) mass is 308 g/mol. The Kier molecular flexibility index (Phi) is 4.21. The van der Waals surface area contributed by atoms with Crippen molar-refractivity contribution < 1.29 is 5.11 Å². The molecule has 0 spiro atoms. The van der Waals surface area contributed by atoms with Crippen molar-refractivity contribution >= 4 is 16.7 Å². The fourth-order valence-corrected chi connectivity index (χ4v) is 2.58. The molecule has 1 unspecified atom stereocenters. The lowest BCUT2D eigenvalue weighted by Crippen LogP contribution is -2.00. The highest BCUT2D eigenvalue weighted by Gasteiger charge is 2.10. The van der Waals surface area contributed by atoms with Crippen molar-refractivity contribution in [1.29, 1.82) is 0 Å². The van der Waals surface area contributed by atoms with Crippen LogP contribution >= 0.6 is 0 Å². The van der Waals surface area contributed by atoms with E-state index in [2.05, 4.69) is 26.3 Å². The molecule has 118 valence electrons. The number of pyridine rings is 3. The number of rotatable bonds is 4. The topological polar surface area (TPSA) is 70.9 Å². The summed E-state index contributed by atoms with van der Waals surface area (Å²) in [6.45, 7) is 3.96. The molecule has 5 heteroatoms. The number of hydrogen-bond acceptors (Lipinski definition) is 5. The van der Waals surface area contributed by atoms with E-state index < -0.39 is 6.10 Å². The third kappa shape index (κ3) is 3.00. The molecule has 3 rings (SSSR count). The van der Waals surface area contributed by atoms with Crippen LogP contribution in [0, 0.1) is 6.92 Å². The highest BCUT2D eigenvalue weighted by Crippen LogP contribution is 2.27. The maximum atomic E-state index is 9.92. The highest BCUT2D eigenvalue weighted by atomic mass is 16.3. The summed E-state index contributed by atoms with van der Waals surface area (Å²) < 4.78 is 0. The molecule has 0 amide bonds. The Labute approximate surface area is 135 Å². The van der Waals surface area contributed by atoms with Crippen LogP contribution in [0.4, 0.5) is 5.82 Å². The molecule has 0 saturated carbocycles. The number of aliphatic hydroxyl groups is 1. The van der Waals surface area contributed by atoms with Crippen molar-refractivity contribution in [1.82, 2.24) is 15.0 Å². The highest BCUT2D eigenvalue weighted by molar-refractivity contribution is 5.84. The second-order valence-corrected chi connectivity index (χ2v) is 5.58. The lowest BCUT2D eigenvalue weighted by molar-refractivity contribution is 0.169. The standard InChI is InChI=1S/C18H20N4O/c1-4-17(23)16-5-11(2)14(10-21-16)12-6-13-9-22-18(19-3)7-15(13)20-8-12/h5-10,17,23H,4H2,1-3H3,(H,19,22). The second kappa shape index (κ2) is 6.30. The summed E-state index contributed by atoms with van der Waals surface area (Å²) in [6, 6.07) is 5.93. The first-order chi connectivity index (χ1) is 11.1. The number of hydrogen-bond donors (Lipinski definition) is 2. The zero-order valence-electron chi connectivity index (χ0n) is 13.5. The minimum atomic E-state index is -0.512. The summed E-state index contributed by atoms with van der Waals surface area (Å²) in [5, 5.41) is 13.9. The third-order valence-corrected chi connectivity index (χ3v) is 3.99. The van der Waals surface area contributed by atoms with Gasteiger partial charge in [0.25, 0.3) is 0 Å². The third-order valence-electron chi connectivity index (χ3n) is 3.99. The van der Waals surface area contributed by atoms with E-state index in [4.69, 9.17) is 0 Å². The molecule has 0 aliphatic rings. The minimum absolute atomic E-state index is 0.512. The number of aryl methyl sites for hydroxylation is 1. The molecule has 0 saturated heterocycles. The van der Waals surface area contributed by atoms with Crippen LogP contribution < -0.4 is 5.32 Å². The molecule has 0 aromatic carbocycles. The van der Waals surface area contributed by atoms with Gasteiger partial charge in [0.15, 0.2) is 0 Å². The van der Waals surface area contributed by atoms with E-state index in [0.717, 1.165) is 33.4 Å². The molecule has 23 heavy (non-hydrogen) atoms. The average Bonchev–Trinajstić information content (AvgIpc) is 2.60. The van der Waals surface area contributed by atoms with Gasteiger partial charge in [-0.2, -0.15) is 0 Å². The van der Waals surface area contributed by atoms with Crippen LogP contribution in [0.15, 0.2) is 36.8 Å². The first-order valence-electron chi connectivity index (χ1n) is 7.71. The molecule has 0 aliphatic heterocycles. The first kappa shape index (κ1) is 15.4. The van der Waals surface area contributed by atoms with Gasteiger partial charge in [-0.15, -0.1) is 0 Å². The molecular weight excluding hydrogens is 288 g/mol. The summed E-state index contributed by atoms with van der Waals surface area (Å²) in [7, 11) is 1.84. The Morgan fingerprint density at radius 2 is 1.91 bits per heavy atom. The van der Waals surface area contributed by atoms with Crippen molar-refractivity contribution in [2.24, 2.45) is 0 Å². The van der Waals surface area contributed by atoms with Gasteiger partial charge in [-0.05, 0) is 31.0 Å². The van der Waals surface area contributed by atoms with Gasteiger partial charge in [0.2, 0.25) is 0 Å². The maximum absolute atomic E-state index is 9.92. The van der Waals surface area contributed by atoms with Gasteiger partial charge in [0, 0.05) is 48.2 Å². The smallest absolute Gasteiger partial charge is 0.127 e. The number of aliphatic hydroxyl groups excluding tert-OH is 1. The van der Waals surface area contributed by atoms with Gasteiger partial charge in [0.1, 0.15) is 5.82 Å². The van der Waals surface area contributed by atoms with Crippen molar-refractivity contribution in [3.63, 3.8) is 0 Å². The number of nitrogens with one attached hydrogen (secondary N) is 1. The van der Waals surface area contributed by atoms with Gasteiger partial charge in [0.05, 0.1) is 17.3 Å². The van der Waals surface area contributed by atoms with Crippen LogP contribution in [-0.4, -0.2) is 27.1 Å². The first-order valence-corrected chi connectivity index (χ1v) is 7.71. The van der Waals surface area contributed by atoms with E-state index >= 15 is 0 Å². The van der Waals surface area contributed by atoms with Gasteiger partial charge in [-0.1, -0.05) is 6.92 Å². The second-order valence-electron chi connectivity index (χ2n) is 5.58. The number of nitrogens with zero attached hydrogens (tertiary/aromatic N) is 3. The average molecular weight is 308 g/mol. The van der Waals surface area contributed by atoms with Crippen molar-refractivity contribution in [3.05, 3.63) is 48.0 Å². The van der Waals surface area contributed by atoms with Crippen LogP contribution in [-0.2, 0) is 0 Å². The van der Waals surface area contributed by atoms with Crippen LogP contribution in [0.5, 0.6) is 0 Å². The number of fused-ring (bicyclic) bond motifs is 1. The van der Waals surface area contributed by atoms with Crippen LogP contribution in [0.2, 0.25) is 0 Å². The molecular formula is C18H20N4O. The van der Waals surface area contributed by atoms with Crippen LogP contribution in [0.1, 0.15) is 30.7 Å². The fourth-order valence-electron chi connectivity index (χ4n) is 2.58. The lowest BCUT2D eigenvalue weighted by Gasteiger charge is -2.11. The van der Waals surface area contributed by atoms with E-state index in [1.807, 2.05) is 51.6 Å². The Hall–Kier alpha value is -2.53. The summed E-state index contributed by atoms with van der Waals surface area (Å²) in [4.78, 5) is 13.2. The van der Waals surface area contributed by atoms with Crippen molar-refractivity contribution in [2.45, 2.75) is 26.4 Å². The predicted octanol–water partition coefficient (Wildman–Crippen LogP) is 3.49. The Morgan fingerprint density at radius 3 is 2.61 bits per heavy atom. The summed E-state index contributed by atoms with van der Waals surface area (Å²) >= 11 is 0. The van der Waals surface area contributed by atoms with E-state index in [0.29, 0.717) is 12.1 Å². The summed E-state index contributed by atoms with van der Waals surface area (Å²) in [5.74, 6) is 0.800. The van der Waals surface area contributed by atoms with Gasteiger partial charge >= 0.3 is 0 Å². The SMILES string of the molecule is CCC(O)c1cc(C)c(-c2cnc3cc(NC)ncc3c2)cn1. The molecule has 0 aliphatic carbocycles. The van der Waals surface area contributed by atoms with Gasteiger partial charge in [-0.3, -0.25) is 9.97 Å².